The van der Waals surface area contributed by atoms with Crippen molar-refractivity contribution in [3.63, 3.8) is 0 Å². The summed E-state index contributed by atoms with van der Waals surface area (Å²) in [7, 11) is 1.51. The third-order valence-electron chi connectivity index (χ3n) is 4.09. The van der Waals surface area contributed by atoms with Crippen LogP contribution in [0.5, 0.6) is 5.75 Å². The van der Waals surface area contributed by atoms with E-state index in [2.05, 4.69) is 11.8 Å². The van der Waals surface area contributed by atoms with Gasteiger partial charge in [-0.3, -0.25) is 4.90 Å². The van der Waals surface area contributed by atoms with E-state index in [1.54, 1.807) is 6.07 Å². The largest absolute Gasteiger partial charge is 0.496 e. The number of aromatic carboxylic acids is 1. The molecule has 1 aromatic rings. The van der Waals surface area contributed by atoms with Crippen LogP contribution in [-0.4, -0.2) is 36.2 Å². The van der Waals surface area contributed by atoms with E-state index >= 15 is 0 Å². The third-order valence-corrected chi connectivity index (χ3v) is 4.09. The van der Waals surface area contributed by atoms with Gasteiger partial charge in [0.2, 0.25) is 0 Å². The summed E-state index contributed by atoms with van der Waals surface area (Å²) in [6, 6.07) is 5.36. The highest BCUT2D eigenvalue weighted by atomic mass is 16.5. The van der Waals surface area contributed by atoms with E-state index < -0.39 is 5.97 Å². The second kappa shape index (κ2) is 6.75. The van der Waals surface area contributed by atoms with Crippen LogP contribution in [-0.2, 0) is 6.54 Å². The summed E-state index contributed by atoms with van der Waals surface area (Å²) in [6.45, 7) is 5.17. The Morgan fingerprint density at radius 2 is 2.20 bits per heavy atom. The molecule has 4 heteroatoms. The highest BCUT2D eigenvalue weighted by Crippen LogP contribution is 2.28. The fourth-order valence-electron chi connectivity index (χ4n) is 2.61. The second-order valence-corrected chi connectivity index (χ2v) is 5.46. The van der Waals surface area contributed by atoms with Gasteiger partial charge in [0.1, 0.15) is 11.3 Å². The van der Waals surface area contributed by atoms with Crippen molar-refractivity contribution in [1.29, 1.82) is 0 Å². The average molecular weight is 277 g/mol. The standard InChI is InChI=1S/C16H23NO3/c1-3-17(10-12-5-4-6-12)11-13-7-8-14(16(18)19)15(9-13)20-2/h7-9,12H,3-6,10-11H2,1-2H3,(H,18,19). The van der Waals surface area contributed by atoms with Crippen molar-refractivity contribution in [2.24, 2.45) is 5.92 Å². The lowest BCUT2D eigenvalue weighted by atomic mass is 9.85. The Balaban J connectivity index is 2.05. The number of benzene rings is 1. The molecule has 0 aromatic heterocycles. The van der Waals surface area contributed by atoms with Crippen molar-refractivity contribution >= 4 is 5.97 Å². The molecule has 0 unspecified atom stereocenters. The molecule has 0 radical (unpaired) electrons. The lowest BCUT2D eigenvalue weighted by Gasteiger charge is -2.31. The number of carboxylic acid groups (broad SMARTS) is 1. The van der Waals surface area contributed by atoms with Crippen LogP contribution in [0.2, 0.25) is 0 Å². The Hall–Kier alpha value is -1.55. The molecule has 1 aromatic carbocycles. The zero-order valence-corrected chi connectivity index (χ0v) is 12.3. The van der Waals surface area contributed by atoms with Crippen molar-refractivity contribution < 1.29 is 14.6 Å². The lowest BCUT2D eigenvalue weighted by molar-refractivity contribution is 0.0693. The summed E-state index contributed by atoms with van der Waals surface area (Å²) in [5, 5.41) is 9.08. The molecule has 0 heterocycles. The quantitative estimate of drug-likeness (QED) is 0.832. The molecule has 20 heavy (non-hydrogen) atoms. The Kier molecular flexibility index (Phi) is 5.01. The first-order valence-corrected chi connectivity index (χ1v) is 7.26. The first-order chi connectivity index (χ1) is 9.63. The van der Waals surface area contributed by atoms with Gasteiger partial charge in [-0.25, -0.2) is 4.79 Å². The maximum Gasteiger partial charge on any atom is 0.339 e. The number of ether oxygens (including phenoxy) is 1. The minimum Gasteiger partial charge on any atom is -0.496 e. The molecule has 0 atom stereocenters. The van der Waals surface area contributed by atoms with E-state index in [0.29, 0.717) is 5.75 Å². The number of nitrogens with zero attached hydrogens (tertiary/aromatic N) is 1. The van der Waals surface area contributed by atoms with Crippen LogP contribution in [0.1, 0.15) is 42.1 Å². The Bertz CT molecular complexity index is 469. The Morgan fingerprint density at radius 1 is 1.45 bits per heavy atom. The predicted molar refractivity (Wildman–Crippen MR) is 78.2 cm³/mol. The third kappa shape index (κ3) is 3.51. The molecule has 1 N–H and O–H groups in total. The molecule has 0 aliphatic heterocycles. The van der Waals surface area contributed by atoms with Crippen molar-refractivity contribution in [1.82, 2.24) is 4.90 Å². The van der Waals surface area contributed by atoms with Gasteiger partial charge >= 0.3 is 5.97 Å². The SMILES string of the molecule is CCN(Cc1ccc(C(=O)O)c(OC)c1)CC1CCC1. The van der Waals surface area contributed by atoms with E-state index in [-0.39, 0.29) is 5.56 Å². The van der Waals surface area contributed by atoms with E-state index in [9.17, 15) is 4.79 Å². The lowest BCUT2D eigenvalue weighted by Crippen LogP contribution is -2.32. The average Bonchev–Trinajstić information content (AvgIpc) is 2.40. The highest BCUT2D eigenvalue weighted by Gasteiger charge is 2.20. The maximum absolute atomic E-state index is 11.1. The number of rotatable bonds is 7. The van der Waals surface area contributed by atoms with E-state index in [0.717, 1.165) is 31.1 Å². The molecule has 1 aliphatic rings. The Labute approximate surface area is 120 Å². The molecule has 1 saturated carbocycles. The molecule has 0 spiro atoms. The number of methoxy groups -OCH3 is 1. The summed E-state index contributed by atoms with van der Waals surface area (Å²) in [6.07, 6.45) is 4.05. The second-order valence-electron chi connectivity index (χ2n) is 5.46. The number of hydrogen-bond donors (Lipinski definition) is 1. The van der Waals surface area contributed by atoms with Crippen LogP contribution < -0.4 is 4.74 Å². The van der Waals surface area contributed by atoms with Crippen molar-refractivity contribution in [3.05, 3.63) is 29.3 Å². The van der Waals surface area contributed by atoms with Gasteiger partial charge in [0.05, 0.1) is 7.11 Å². The van der Waals surface area contributed by atoms with Crippen LogP contribution in [0.3, 0.4) is 0 Å². The molecule has 1 fully saturated rings. The smallest absolute Gasteiger partial charge is 0.339 e. The van der Waals surface area contributed by atoms with Crippen molar-refractivity contribution in [2.45, 2.75) is 32.7 Å². The van der Waals surface area contributed by atoms with Gasteiger partial charge in [0.15, 0.2) is 0 Å². The minimum absolute atomic E-state index is 0.221. The Morgan fingerprint density at radius 3 is 2.70 bits per heavy atom. The molecule has 110 valence electrons. The topological polar surface area (TPSA) is 49.8 Å². The molecule has 4 nitrogen and oxygen atoms in total. The van der Waals surface area contributed by atoms with Gasteiger partial charge in [-0.15, -0.1) is 0 Å². The monoisotopic (exact) mass is 277 g/mol. The van der Waals surface area contributed by atoms with E-state index in [1.165, 1.54) is 26.4 Å². The van der Waals surface area contributed by atoms with Crippen LogP contribution in [0.25, 0.3) is 0 Å². The molecule has 0 amide bonds. The minimum atomic E-state index is -0.949. The van der Waals surface area contributed by atoms with E-state index in [4.69, 9.17) is 9.84 Å². The summed E-state index contributed by atoms with van der Waals surface area (Å²) >= 11 is 0. The van der Waals surface area contributed by atoms with Crippen molar-refractivity contribution in [2.75, 3.05) is 20.2 Å². The summed E-state index contributed by atoms with van der Waals surface area (Å²) in [5.41, 5.74) is 1.33. The maximum atomic E-state index is 11.1. The summed E-state index contributed by atoms with van der Waals surface area (Å²) < 4.78 is 5.18. The van der Waals surface area contributed by atoms with Gasteiger partial charge in [-0.2, -0.15) is 0 Å². The molecular formula is C16H23NO3. The van der Waals surface area contributed by atoms with Crippen LogP contribution >= 0.6 is 0 Å². The molecule has 2 rings (SSSR count). The molecule has 0 saturated heterocycles. The number of carboxylic acids is 1. The van der Waals surface area contributed by atoms with Crippen molar-refractivity contribution in [3.8, 4) is 5.75 Å². The molecular weight excluding hydrogens is 254 g/mol. The van der Waals surface area contributed by atoms with Gasteiger partial charge < -0.3 is 9.84 Å². The summed E-state index contributed by atoms with van der Waals surface area (Å²) in [4.78, 5) is 13.5. The number of hydrogen-bond acceptors (Lipinski definition) is 3. The van der Waals surface area contributed by atoms with Crippen LogP contribution in [0.15, 0.2) is 18.2 Å². The van der Waals surface area contributed by atoms with Gasteiger partial charge in [0.25, 0.3) is 0 Å². The van der Waals surface area contributed by atoms with Gasteiger partial charge in [0, 0.05) is 13.1 Å². The van der Waals surface area contributed by atoms with Crippen LogP contribution in [0.4, 0.5) is 0 Å². The zero-order valence-electron chi connectivity index (χ0n) is 12.3. The normalized spacial score (nSPS) is 15.2. The molecule has 1 aliphatic carbocycles. The first kappa shape index (κ1) is 14.9. The molecule has 0 bridgehead atoms. The predicted octanol–water partition coefficient (Wildman–Crippen LogP) is 3.02. The summed E-state index contributed by atoms with van der Waals surface area (Å²) in [5.74, 6) is 0.333. The number of carbonyl (C=O) groups is 1. The van der Waals surface area contributed by atoms with Gasteiger partial charge in [-0.05, 0) is 43.0 Å². The van der Waals surface area contributed by atoms with E-state index in [1.807, 2.05) is 12.1 Å². The highest BCUT2D eigenvalue weighted by molar-refractivity contribution is 5.90. The fourth-order valence-corrected chi connectivity index (χ4v) is 2.61. The first-order valence-electron chi connectivity index (χ1n) is 7.26. The van der Waals surface area contributed by atoms with Crippen LogP contribution in [0, 0.1) is 5.92 Å². The fraction of sp³-hybridized carbons (Fsp3) is 0.562. The van der Waals surface area contributed by atoms with Gasteiger partial charge in [-0.1, -0.05) is 19.4 Å². The zero-order chi connectivity index (χ0) is 14.5.